The average Bonchev–Trinajstić information content (AvgIpc) is 2.80. The minimum Gasteiger partial charge on any atom is -0.373 e. The molecule has 2 rings (SSSR count). The van der Waals surface area contributed by atoms with Crippen LogP contribution in [-0.4, -0.2) is 27.7 Å². The Balaban J connectivity index is 2.08. The molecule has 0 aliphatic carbocycles. The topological polar surface area (TPSA) is 71.8 Å². The highest BCUT2D eigenvalue weighted by molar-refractivity contribution is 5.94. The zero-order valence-corrected chi connectivity index (χ0v) is 11.3. The van der Waals surface area contributed by atoms with E-state index in [0.717, 1.165) is 11.4 Å². The lowest BCUT2D eigenvalue weighted by Gasteiger charge is -2.08. The predicted molar refractivity (Wildman–Crippen MR) is 72.9 cm³/mol. The first-order valence-corrected chi connectivity index (χ1v) is 6.01. The monoisotopic (exact) mass is 259 g/mol. The minimum atomic E-state index is -0.122. The molecule has 0 fully saturated rings. The number of hydrogen-bond donors (Lipinski definition) is 2. The maximum absolute atomic E-state index is 12.1. The van der Waals surface area contributed by atoms with Gasteiger partial charge in [-0.2, -0.15) is 5.10 Å². The van der Waals surface area contributed by atoms with Crippen LogP contribution in [0.2, 0.25) is 0 Å². The fourth-order valence-electron chi connectivity index (χ4n) is 1.78. The van der Waals surface area contributed by atoms with Gasteiger partial charge in [-0.15, -0.1) is 0 Å². The van der Waals surface area contributed by atoms with E-state index in [2.05, 4.69) is 20.7 Å². The molecule has 6 nitrogen and oxygen atoms in total. The van der Waals surface area contributed by atoms with Crippen molar-refractivity contribution in [2.75, 3.05) is 12.4 Å². The second-order valence-corrected chi connectivity index (χ2v) is 4.26. The largest absolute Gasteiger partial charge is 0.373 e. The number of nitrogens with zero attached hydrogens (tertiary/aromatic N) is 3. The van der Waals surface area contributed by atoms with E-state index in [-0.39, 0.29) is 5.91 Å². The molecule has 2 N–H and O–H groups in total. The molecule has 1 amide bonds. The Morgan fingerprint density at radius 3 is 2.84 bits per heavy atom. The lowest BCUT2D eigenvalue weighted by molar-refractivity contribution is 0.0950. The smallest absolute Gasteiger partial charge is 0.251 e. The summed E-state index contributed by atoms with van der Waals surface area (Å²) in [4.78, 5) is 16.3. The maximum atomic E-state index is 12.1. The highest BCUT2D eigenvalue weighted by Gasteiger charge is 2.09. The molecule has 19 heavy (non-hydrogen) atoms. The first-order valence-electron chi connectivity index (χ1n) is 6.01. The minimum absolute atomic E-state index is 0.122. The molecule has 0 aliphatic rings. The number of aryl methyl sites for hydroxylation is 2. The standard InChI is InChI=1S/C13H17N5O/c1-9-6-10(7-12(14-2)17-9)13(19)15-8-11-4-5-16-18(11)3/h4-7H,8H2,1-3H3,(H,14,17)(H,15,19). The summed E-state index contributed by atoms with van der Waals surface area (Å²) >= 11 is 0. The number of carbonyl (C=O) groups excluding carboxylic acids is 1. The number of aromatic nitrogens is 3. The van der Waals surface area contributed by atoms with Crippen LogP contribution in [0.15, 0.2) is 24.4 Å². The summed E-state index contributed by atoms with van der Waals surface area (Å²) in [5, 5.41) is 9.86. The molecule has 100 valence electrons. The van der Waals surface area contributed by atoms with Crippen LogP contribution in [0.4, 0.5) is 5.82 Å². The van der Waals surface area contributed by atoms with E-state index < -0.39 is 0 Å². The van der Waals surface area contributed by atoms with Crippen LogP contribution < -0.4 is 10.6 Å². The normalized spacial score (nSPS) is 10.3. The van der Waals surface area contributed by atoms with Crippen molar-refractivity contribution in [3.63, 3.8) is 0 Å². The number of anilines is 1. The van der Waals surface area contributed by atoms with Gasteiger partial charge in [-0.3, -0.25) is 9.48 Å². The van der Waals surface area contributed by atoms with Gasteiger partial charge in [-0.1, -0.05) is 0 Å². The Labute approximate surface area is 111 Å². The summed E-state index contributed by atoms with van der Waals surface area (Å²) in [6.07, 6.45) is 1.71. The van der Waals surface area contributed by atoms with Gasteiger partial charge in [0.25, 0.3) is 5.91 Å². The molecular formula is C13H17N5O. The van der Waals surface area contributed by atoms with Crippen molar-refractivity contribution in [1.29, 1.82) is 0 Å². The van der Waals surface area contributed by atoms with E-state index in [0.29, 0.717) is 17.9 Å². The van der Waals surface area contributed by atoms with Crippen molar-refractivity contribution in [3.05, 3.63) is 41.3 Å². The van der Waals surface area contributed by atoms with Crippen LogP contribution in [0.25, 0.3) is 0 Å². The van der Waals surface area contributed by atoms with Crippen LogP contribution in [-0.2, 0) is 13.6 Å². The highest BCUT2D eigenvalue weighted by Crippen LogP contribution is 2.09. The second kappa shape index (κ2) is 5.51. The molecule has 0 unspecified atom stereocenters. The molecule has 0 bridgehead atoms. The van der Waals surface area contributed by atoms with E-state index in [1.807, 2.05) is 20.0 Å². The quantitative estimate of drug-likeness (QED) is 0.862. The summed E-state index contributed by atoms with van der Waals surface area (Å²) in [5.74, 6) is 0.564. The van der Waals surface area contributed by atoms with E-state index in [1.165, 1.54) is 0 Å². The molecule has 0 aliphatic heterocycles. The Morgan fingerprint density at radius 2 is 2.21 bits per heavy atom. The Morgan fingerprint density at radius 1 is 1.42 bits per heavy atom. The van der Waals surface area contributed by atoms with Crippen molar-refractivity contribution in [3.8, 4) is 0 Å². The molecule has 0 saturated heterocycles. The first-order chi connectivity index (χ1) is 9.10. The molecule has 2 aromatic rings. The van der Waals surface area contributed by atoms with Gasteiger partial charge in [0.05, 0.1) is 12.2 Å². The number of carbonyl (C=O) groups is 1. The molecule has 0 atom stereocenters. The first kappa shape index (κ1) is 13.1. The number of hydrogen-bond acceptors (Lipinski definition) is 4. The van der Waals surface area contributed by atoms with E-state index in [1.54, 1.807) is 30.1 Å². The van der Waals surface area contributed by atoms with Crippen LogP contribution in [0.3, 0.4) is 0 Å². The molecule has 0 aromatic carbocycles. The van der Waals surface area contributed by atoms with Crippen LogP contribution in [0.5, 0.6) is 0 Å². The zero-order chi connectivity index (χ0) is 13.8. The average molecular weight is 259 g/mol. The third-order valence-corrected chi connectivity index (χ3v) is 2.82. The summed E-state index contributed by atoms with van der Waals surface area (Å²) in [6.45, 7) is 2.31. The summed E-state index contributed by atoms with van der Waals surface area (Å²) in [5.41, 5.74) is 2.35. The van der Waals surface area contributed by atoms with Gasteiger partial charge in [0, 0.05) is 31.5 Å². The van der Waals surface area contributed by atoms with Crippen molar-refractivity contribution in [2.24, 2.45) is 7.05 Å². The van der Waals surface area contributed by atoms with Gasteiger partial charge >= 0.3 is 0 Å². The number of nitrogens with one attached hydrogen (secondary N) is 2. The Bertz CT molecular complexity index is 590. The molecule has 2 aromatic heterocycles. The highest BCUT2D eigenvalue weighted by atomic mass is 16.1. The number of pyridine rings is 1. The Kier molecular flexibility index (Phi) is 3.79. The summed E-state index contributed by atoms with van der Waals surface area (Å²) < 4.78 is 1.73. The van der Waals surface area contributed by atoms with Gasteiger partial charge in [0.1, 0.15) is 5.82 Å². The summed E-state index contributed by atoms with van der Waals surface area (Å²) in [7, 11) is 3.62. The Hall–Kier alpha value is -2.37. The van der Waals surface area contributed by atoms with Crippen molar-refractivity contribution in [2.45, 2.75) is 13.5 Å². The van der Waals surface area contributed by atoms with Gasteiger partial charge in [-0.25, -0.2) is 4.98 Å². The van der Waals surface area contributed by atoms with Gasteiger partial charge in [0.15, 0.2) is 0 Å². The molecule has 0 radical (unpaired) electrons. The van der Waals surface area contributed by atoms with E-state index in [9.17, 15) is 4.79 Å². The lowest BCUT2D eigenvalue weighted by Crippen LogP contribution is -2.24. The van der Waals surface area contributed by atoms with Crippen molar-refractivity contribution < 1.29 is 4.79 Å². The fourth-order valence-corrected chi connectivity index (χ4v) is 1.78. The number of amides is 1. The predicted octanol–water partition coefficient (Wildman–Crippen LogP) is 1.10. The van der Waals surface area contributed by atoms with Crippen molar-refractivity contribution in [1.82, 2.24) is 20.1 Å². The zero-order valence-electron chi connectivity index (χ0n) is 11.3. The SMILES string of the molecule is CNc1cc(C(=O)NCc2ccnn2C)cc(C)n1. The van der Waals surface area contributed by atoms with Gasteiger partial charge in [0.2, 0.25) is 0 Å². The maximum Gasteiger partial charge on any atom is 0.251 e. The van der Waals surface area contributed by atoms with Gasteiger partial charge in [-0.05, 0) is 25.1 Å². The number of rotatable bonds is 4. The van der Waals surface area contributed by atoms with Crippen LogP contribution >= 0.6 is 0 Å². The molecule has 2 heterocycles. The molecule has 6 heteroatoms. The van der Waals surface area contributed by atoms with Crippen LogP contribution in [0, 0.1) is 6.92 Å². The molecule has 0 saturated carbocycles. The summed E-state index contributed by atoms with van der Waals surface area (Å²) in [6, 6.07) is 5.36. The third kappa shape index (κ3) is 3.09. The second-order valence-electron chi connectivity index (χ2n) is 4.26. The van der Waals surface area contributed by atoms with Crippen molar-refractivity contribution >= 4 is 11.7 Å². The van der Waals surface area contributed by atoms with Crippen LogP contribution in [0.1, 0.15) is 21.7 Å². The molecular weight excluding hydrogens is 242 g/mol. The van der Waals surface area contributed by atoms with E-state index >= 15 is 0 Å². The third-order valence-electron chi connectivity index (χ3n) is 2.82. The van der Waals surface area contributed by atoms with Gasteiger partial charge < -0.3 is 10.6 Å². The molecule has 0 spiro atoms. The van der Waals surface area contributed by atoms with E-state index in [4.69, 9.17) is 0 Å². The lowest BCUT2D eigenvalue weighted by atomic mass is 10.2. The fraction of sp³-hybridized carbons (Fsp3) is 0.308.